The van der Waals surface area contributed by atoms with Gasteiger partial charge in [0, 0.05) is 25.6 Å². The van der Waals surface area contributed by atoms with Crippen LogP contribution in [-0.2, 0) is 20.8 Å². The van der Waals surface area contributed by atoms with Crippen LogP contribution in [0.5, 0.6) is 0 Å². The maximum atomic E-state index is 13.9. The van der Waals surface area contributed by atoms with Gasteiger partial charge in [-0.25, -0.2) is 10.0 Å². The zero-order valence-corrected chi connectivity index (χ0v) is 20.4. The van der Waals surface area contributed by atoms with Crippen molar-refractivity contribution in [2.75, 3.05) is 0 Å². The lowest BCUT2D eigenvalue weighted by Gasteiger charge is -2.49. The number of aliphatic hydroxyl groups is 1. The summed E-state index contributed by atoms with van der Waals surface area (Å²) >= 11 is 0. The van der Waals surface area contributed by atoms with Gasteiger partial charge in [0.15, 0.2) is 6.10 Å². The molecule has 7 nitrogen and oxygen atoms in total. The third-order valence-corrected chi connectivity index (χ3v) is 6.05. The molecule has 0 fully saturated rings. The number of carbonyl (C=O) groups is 3. The van der Waals surface area contributed by atoms with Crippen molar-refractivity contribution in [2.24, 2.45) is 0 Å². The van der Waals surface area contributed by atoms with Gasteiger partial charge in [-0.2, -0.15) is 13.2 Å². The summed E-state index contributed by atoms with van der Waals surface area (Å²) in [4.78, 5) is 40.4. The lowest BCUT2D eigenvalue weighted by Crippen LogP contribution is -2.67. The summed E-state index contributed by atoms with van der Waals surface area (Å²) in [6, 6.07) is 14.4. The zero-order valence-electron chi connectivity index (χ0n) is 20.4. The molecule has 0 saturated heterocycles. The smallest absolute Gasteiger partial charge is 0.382 e. The van der Waals surface area contributed by atoms with E-state index in [1.165, 1.54) is 31.9 Å². The minimum absolute atomic E-state index is 0.0257. The number of hydrogen-bond donors (Lipinski definition) is 1. The third-order valence-electron chi connectivity index (χ3n) is 6.05. The average molecular weight is 504 g/mol. The summed E-state index contributed by atoms with van der Waals surface area (Å²) in [6.45, 7) is 5.17. The number of amides is 3. The van der Waals surface area contributed by atoms with Crippen LogP contribution in [0.1, 0.15) is 38.8 Å². The monoisotopic (exact) mass is 503 g/mol. The number of hydrazine groups is 1. The van der Waals surface area contributed by atoms with Crippen molar-refractivity contribution in [3.63, 3.8) is 0 Å². The van der Waals surface area contributed by atoms with E-state index >= 15 is 0 Å². The number of hydrogen-bond acceptors (Lipinski definition) is 4. The third kappa shape index (κ3) is 5.28. The van der Waals surface area contributed by atoms with Gasteiger partial charge in [-0.1, -0.05) is 60.7 Å². The average Bonchev–Trinajstić information content (AvgIpc) is 2.81. The number of rotatable bonds is 6. The molecule has 192 valence electrons. The molecule has 0 spiro atoms. The summed E-state index contributed by atoms with van der Waals surface area (Å²) in [5.74, 6) is -2.16. The minimum atomic E-state index is -5.08. The molecule has 1 aliphatic rings. The number of benzene rings is 2. The SMILES string of the molecule is CC(=O)N(C(Cc1ccccc1)C(O)C(F)(F)F)N1C(=O)C(C)(C)N(C(C)=O)C=C1c1ccccc1. The highest BCUT2D eigenvalue weighted by Gasteiger charge is 2.52. The standard InChI is InChI=1S/C26H28F3N3O4/c1-17(33)30-16-22(20-13-9-6-10-14-20)32(24(36)25(30,3)4)31(18(2)34)21(23(35)26(27,28)29)15-19-11-7-5-8-12-19/h5-14,16,21,23,35H,15H2,1-4H3. The molecule has 1 heterocycles. The van der Waals surface area contributed by atoms with E-state index in [-0.39, 0.29) is 12.1 Å². The normalized spacial score (nSPS) is 17.3. The van der Waals surface area contributed by atoms with Crippen LogP contribution in [0, 0.1) is 0 Å². The molecule has 36 heavy (non-hydrogen) atoms. The lowest BCUT2D eigenvalue weighted by atomic mass is 9.95. The van der Waals surface area contributed by atoms with Crippen molar-refractivity contribution in [2.45, 2.75) is 58.0 Å². The predicted octanol–water partition coefficient (Wildman–Crippen LogP) is 3.75. The molecule has 10 heteroatoms. The quantitative estimate of drug-likeness (QED) is 0.651. The topological polar surface area (TPSA) is 81.2 Å². The molecule has 0 radical (unpaired) electrons. The van der Waals surface area contributed by atoms with Gasteiger partial charge in [-0.05, 0) is 25.8 Å². The van der Waals surface area contributed by atoms with Crippen LogP contribution >= 0.6 is 0 Å². The Morgan fingerprint density at radius 1 is 1.00 bits per heavy atom. The fourth-order valence-electron chi connectivity index (χ4n) is 4.24. The fraction of sp³-hybridized carbons (Fsp3) is 0.346. The Morgan fingerprint density at radius 3 is 2.00 bits per heavy atom. The van der Waals surface area contributed by atoms with E-state index in [0.717, 1.165) is 11.9 Å². The summed E-state index contributed by atoms with van der Waals surface area (Å²) in [5, 5.41) is 11.9. The molecule has 3 amide bonds. The molecule has 0 saturated carbocycles. The second-order valence-corrected chi connectivity index (χ2v) is 9.05. The van der Waals surface area contributed by atoms with Crippen LogP contribution in [0.4, 0.5) is 13.2 Å². The minimum Gasteiger partial charge on any atom is -0.382 e. The largest absolute Gasteiger partial charge is 0.416 e. The van der Waals surface area contributed by atoms with Crippen molar-refractivity contribution < 1.29 is 32.7 Å². The molecular formula is C26H28F3N3O4. The first-order valence-corrected chi connectivity index (χ1v) is 11.3. The number of halogens is 3. The van der Waals surface area contributed by atoms with E-state index in [2.05, 4.69) is 0 Å². The highest BCUT2D eigenvalue weighted by molar-refractivity contribution is 6.00. The second-order valence-electron chi connectivity index (χ2n) is 9.05. The molecule has 0 aromatic heterocycles. The number of carbonyl (C=O) groups excluding carboxylic acids is 3. The molecule has 2 atom stereocenters. The molecule has 0 aliphatic carbocycles. The summed E-state index contributed by atoms with van der Waals surface area (Å²) in [5.41, 5.74) is -0.689. The van der Waals surface area contributed by atoms with Gasteiger partial charge in [0.05, 0.1) is 11.7 Å². The maximum absolute atomic E-state index is 13.9. The number of nitrogens with zero attached hydrogens (tertiary/aromatic N) is 3. The van der Waals surface area contributed by atoms with Crippen LogP contribution in [0.2, 0.25) is 0 Å². The highest BCUT2D eigenvalue weighted by Crippen LogP contribution is 2.37. The fourth-order valence-corrected chi connectivity index (χ4v) is 4.24. The molecule has 1 aliphatic heterocycles. The van der Waals surface area contributed by atoms with Crippen LogP contribution in [0.15, 0.2) is 66.9 Å². The van der Waals surface area contributed by atoms with Gasteiger partial charge < -0.3 is 10.0 Å². The van der Waals surface area contributed by atoms with E-state index in [9.17, 15) is 32.7 Å². The van der Waals surface area contributed by atoms with E-state index < -0.39 is 41.6 Å². The Bertz CT molecular complexity index is 1150. The first-order valence-electron chi connectivity index (χ1n) is 11.3. The number of aliphatic hydroxyl groups excluding tert-OH is 1. The number of alkyl halides is 3. The summed E-state index contributed by atoms with van der Waals surface area (Å²) in [7, 11) is 0. The molecule has 2 aromatic rings. The molecule has 2 unspecified atom stereocenters. The van der Waals surface area contributed by atoms with Crippen LogP contribution < -0.4 is 0 Å². The van der Waals surface area contributed by atoms with Gasteiger partial charge >= 0.3 is 6.18 Å². The molecule has 0 bridgehead atoms. The Kier molecular flexibility index (Phi) is 7.59. The van der Waals surface area contributed by atoms with Gasteiger partial charge in [-0.3, -0.25) is 14.4 Å². The van der Waals surface area contributed by atoms with E-state index in [1.54, 1.807) is 60.7 Å². The summed E-state index contributed by atoms with van der Waals surface area (Å²) < 4.78 is 41.6. The van der Waals surface area contributed by atoms with Gasteiger partial charge in [0.2, 0.25) is 11.8 Å². The summed E-state index contributed by atoms with van der Waals surface area (Å²) in [6.07, 6.45) is -7.08. The molecular weight excluding hydrogens is 475 g/mol. The molecule has 3 rings (SSSR count). The Labute approximate surface area is 207 Å². The van der Waals surface area contributed by atoms with Crippen molar-refractivity contribution >= 4 is 23.4 Å². The van der Waals surface area contributed by atoms with Crippen molar-refractivity contribution in [1.29, 1.82) is 0 Å². The van der Waals surface area contributed by atoms with Crippen LogP contribution in [-0.4, -0.2) is 61.6 Å². The van der Waals surface area contributed by atoms with E-state index in [4.69, 9.17) is 0 Å². The maximum Gasteiger partial charge on any atom is 0.416 e. The van der Waals surface area contributed by atoms with Gasteiger partial charge in [-0.15, -0.1) is 0 Å². The van der Waals surface area contributed by atoms with Crippen molar-refractivity contribution in [3.05, 3.63) is 78.0 Å². The van der Waals surface area contributed by atoms with E-state index in [0.29, 0.717) is 16.1 Å². The van der Waals surface area contributed by atoms with Gasteiger partial charge in [0.1, 0.15) is 5.54 Å². The highest BCUT2D eigenvalue weighted by atomic mass is 19.4. The first-order chi connectivity index (χ1) is 16.8. The molecule has 2 aromatic carbocycles. The predicted molar refractivity (Wildman–Crippen MR) is 126 cm³/mol. The lowest BCUT2D eigenvalue weighted by molar-refractivity contribution is -0.232. The van der Waals surface area contributed by atoms with E-state index in [1.807, 2.05) is 0 Å². The molecule has 1 N–H and O–H groups in total. The zero-order chi connectivity index (χ0) is 26.8. The first kappa shape index (κ1) is 26.9. The van der Waals surface area contributed by atoms with Crippen LogP contribution in [0.25, 0.3) is 5.70 Å². The van der Waals surface area contributed by atoms with Crippen molar-refractivity contribution in [1.82, 2.24) is 14.9 Å². The Morgan fingerprint density at radius 2 is 1.53 bits per heavy atom. The van der Waals surface area contributed by atoms with Crippen molar-refractivity contribution in [3.8, 4) is 0 Å². The van der Waals surface area contributed by atoms with Gasteiger partial charge in [0.25, 0.3) is 5.91 Å². The Hall–Kier alpha value is -3.66. The van der Waals surface area contributed by atoms with Crippen LogP contribution in [0.3, 0.4) is 0 Å². The Balaban J connectivity index is 2.26. The second kappa shape index (κ2) is 10.1.